The molecule has 0 fully saturated rings. The number of carbonyl (C=O) groups is 1. The molecule has 1 amide bonds. The second-order valence-electron chi connectivity index (χ2n) is 4.93. The van der Waals surface area contributed by atoms with Crippen LogP contribution < -0.4 is 5.32 Å². The first-order valence-corrected chi connectivity index (χ1v) is 6.95. The van der Waals surface area contributed by atoms with E-state index in [1.54, 1.807) is 0 Å². The number of rotatable bonds is 5. The lowest BCUT2D eigenvalue weighted by Crippen LogP contribution is -2.10. The van der Waals surface area contributed by atoms with Gasteiger partial charge in [0.25, 0.3) is 0 Å². The summed E-state index contributed by atoms with van der Waals surface area (Å²) in [5.74, 6) is 0.874. The third-order valence-corrected chi connectivity index (χ3v) is 3.25. The van der Waals surface area contributed by atoms with Crippen LogP contribution >= 0.6 is 0 Å². The standard InChI is InChI=1S/C16H20N2O2/c1-4-5-6-15(19)17-14-9-7-13(8-10-14)16-11(2)18-20-12(16)3/h7-10H,4-6H2,1-3H3,(H,17,19). The molecule has 20 heavy (non-hydrogen) atoms. The lowest BCUT2D eigenvalue weighted by atomic mass is 10.0. The average Bonchev–Trinajstić information content (AvgIpc) is 2.77. The zero-order chi connectivity index (χ0) is 14.5. The molecule has 4 heteroatoms. The van der Waals surface area contributed by atoms with Gasteiger partial charge in [-0.2, -0.15) is 0 Å². The van der Waals surface area contributed by atoms with E-state index in [9.17, 15) is 4.79 Å². The molecule has 106 valence electrons. The fraction of sp³-hybridized carbons (Fsp3) is 0.375. The largest absolute Gasteiger partial charge is 0.361 e. The van der Waals surface area contributed by atoms with Crippen molar-refractivity contribution in [2.45, 2.75) is 40.0 Å². The van der Waals surface area contributed by atoms with E-state index in [4.69, 9.17) is 4.52 Å². The number of nitrogens with zero attached hydrogens (tertiary/aromatic N) is 1. The van der Waals surface area contributed by atoms with Crippen molar-refractivity contribution in [3.63, 3.8) is 0 Å². The number of aryl methyl sites for hydroxylation is 2. The summed E-state index contributed by atoms with van der Waals surface area (Å²) in [5.41, 5.74) is 3.77. The van der Waals surface area contributed by atoms with Crippen LogP contribution in [0.2, 0.25) is 0 Å². The van der Waals surface area contributed by atoms with E-state index in [-0.39, 0.29) is 5.91 Å². The maximum Gasteiger partial charge on any atom is 0.224 e. The first kappa shape index (κ1) is 14.3. The molecule has 0 spiro atoms. The minimum Gasteiger partial charge on any atom is -0.361 e. The Morgan fingerprint density at radius 3 is 2.50 bits per heavy atom. The van der Waals surface area contributed by atoms with Gasteiger partial charge >= 0.3 is 0 Å². The number of amides is 1. The summed E-state index contributed by atoms with van der Waals surface area (Å²) in [5, 5.41) is 6.85. The molecular weight excluding hydrogens is 252 g/mol. The van der Waals surface area contributed by atoms with Gasteiger partial charge in [-0.15, -0.1) is 0 Å². The van der Waals surface area contributed by atoms with E-state index in [2.05, 4.69) is 17.4 Å². The molecule has 0 radical (unpaired) electrons. The second-order valence-corrected chi connectivity index (χ2v) is 4.93. The van der Waals surface area contributed by atoms with Crippen molar-refractivity contribution in [3.05, 3.63) is 35.7 Å². The lowest BCUT2D eigenvalue weighted by molar-refractivity contribution is -0.116. The van der Waals surface area contributed by atoms with Gasteiger partial charge in [-0.05, 0) is 38.0 Å². The van der Waals surface area contributed by atoms with E-state index in [1.165, 1.54) is 0 Å². The molecule has 0 unspecified atom stereocenters. The number of hydrogen-bond donors (Lipinski definition) is 1. The topological polar surface area (TPSA) is 55.1 Å². The van der Waals surface area contributed by atoms with Crippen LogP contribution in [0, 0.1) is 13.8 Å². The Balaban J connectivity index is 2.09. The van der Waals surface area contributed by atoms with Crippen LogP contribution in [0.5, 0.6) is 0 Å². The summed E-state index contributed by atoms with van der Waals surface area (Å²) < 4.78 is 5.17. The Morgan fingerprint density at radius 1 is 1.25 bits per heavy atom. The van der Waals surface area contributed by atoms with Crippen LogP contribution in [0.1, 0.15) is 37.6 Å². The van der Waals surface area contributed by atoms with Crippen LogP contribution in [-0.4, -0.2) is 11.1 Å². The molecule has 0 aliphatic rings. The Morgan fingerprint density at radius 2 is 1.95 bits per heavy atom. The summed E-state index contributed by atoms with van der Waals surface area (Å²) in [6.07, 6.45) is 2.52. The normalized spacial score (nSPS) is 10.6. The summed E-state index contributed by atoms with van der Waals surface area (Å²) in [4.78, 5) is 11.7. The molecule has 0 aliphatic heterocycles. The number of anilines is 1. The van der Waals surface area contributed by atoms with Gasteiger partial charge in [0.15, 0.2) is 0 Å². The molecule has 0 bridgehead atoms. The van der Waals surface area contributed by atoms with Crippen molar-refractivity contribution in [2.75, 3.05) is 5.32 Å². The third-order valence-electron chi connectivity index (χ3n) is 3.25. The van der Waals surface area contributed by atoms with E-state index >= 15 is 0 Å². The highest BCUT2D eigenvalue weighted by atomic mass is 16.5. The van der Waals surface area contributed by atoms with Gasteiger partial charge in [0, 0.05) is 17.7 Å². The maximum absolute atomic E-state index is 11.7. The van der Waals surface area contributed by atoms with Crippen LogP contribution in [0.3, 0.4) is 0 Å². The van der Waals surface area contributed by atoms with Gasteiger partial charge < -0.3 is 9.84 Å². The van der Waals surface area contributed by atoms with Gasteiger partial charge in [0.2, 0.25) is 5.91 Å². The van der Waals surface area contributed by atoms with E-state index in [0.717, 1.165) is 41.1 Å². The Kier molecular flexibility index (Phi) is 4.56. The predicted octanol–water partition coefficient (Wildman–Crippen LogP) is 4.09. The average molecular weight is 272 g/mol. The molecule has 4 nitrogen and oxygen atoms in total. The molecule has 0 saturated carbocycles. The Labute approximate surface area is 119 Å². The highest BCUT2D eigenvalue weighted by molar-refractivity contribution is 5.91. The minimum absolute atomic E-state index is 0.0666. The molecule has 1 N–H and O–H groups in total. The third kappa shape index (κ3) is 3.26. The van der Waals surface area contributed by atoms with Crippen molar-refractivity contribution < 1.29 is 9.32 Å². The van der Waals surface area contributed by atoms with Crippen molar-refractivity contribution in [1.82, 2.24) is 5.16 Å². The number of carbonyl (C=O) groups excluding carboxylic acids is 1. The van der Waals surface area contributed by atoms with Gasteiger partial charge in [0.05, 0.1) is 5.69 Å². The summed E-state index contributed by atoms with van der Waals surface area (Å²) in [6, 6.07) is 7.76. The molecule has 1 aromatic heterocycles. The van der Waals surface area contributed by atoms with E-state index in [1.807, 2.05) is 38.1 Å². The molecule has 2 rings (SSSR count). The first-order valence-electron chi connectivity index (χ1n) is 6.95. The highest BCUT2D eigenvalue weighted by Gasteiger charge is 2.11. The first-order chi connectivity index (χ1) is 9.61. The van der Waals surface area contributed by atoms with Crippen molar-refractivity contribution >= 4 is 11.6 Å². The smallest absolute Gasteiger partial charge is 0.224 e. The van der Waals surface area contributed by atoms with Crippen LogP contribution in [0.15, 0.2) is 28.8 Å². The molecule has 0 saturated heterocycles. The van der Waals surface area contributed by atoms with E-state index in [0.29, 0.717) is 6.42 Å². The molecule has 1 heterocycles. The van der Waals surface area contributed by atoms with Gasteiger partial charge in [-0.25, -0.2) is 0 Å². The lowest BCUT2D eigenvalue weighted by Gasteiger charge is -2.06. The number of aromatic nitrogens is 1. The van der Waals surface area contributed by atoms with Crippen molar-refractivity contribution in [1.29, 1.82) is 0 Å². The molecule has 1 aromatic carbocycles. The molecule has 0 atom stereocenters. The van der Waals surface area contributed by atoms with Gasteiger partial charge in [-0.3, -0.25) is 4.79 Å². The van der Waals surface area contributed by atoms with Crippen molar-refractivity contribution in [2.24, 2.45) is 0 Å². The molecular formula is C16H20N2O2. The summed E-state index contributed by atoms with van der Waals surface area (Å²) in [6.45, 7) is 5.90. The van der Waals surface area contributed by atoms with Gasteiger partial charge in [-0.1, -0.05) is 30.6 Å². The Bertz CT molecular complexity index is 566. The number of benzene rings is 1. The summed E-state index contributed by atoms with van der Waals surface area (Å²) >= 11 is 0. The monoisotopic (exact) mass is 272 g/mol. The molecule has 0 aliphatic carbocycles. The van der Waals surface area contributed by atoms with Crippen LogP contribution in [-0.2, 0) is 4.79 Å². The maximum atomic E-state index is 11.7. The Hall–Kier alpha value is -2.10. The number of hydrogen-bond acceptors (Lipinski definition) is 3. The predicted molar refractivity (Wildman–Crippen MR) is 79.6 cm³/mol. The minimum atomic E-state index is 0.0666. The van der Waals surface area contributed by atoms with E-state index < -0.39 is 0 Å². The fourth-order valence-corrected chi connectivity index (χ4v) is 2.18. The fourth-order valence-electron chi connectivity index (χ4n) is 2.18. The van der Waals surface area contributed by atoms with Crippen LogP contribution in [0.4, 0.5) is 5.69 Å². The second kappa shape index (κ2) is 6.37. The molecule has 2 aromatic rings. The zero-order valence-electron chi connectivity index (χ0n) is 12.2. The number of nitrogens with one attached hydrogen (secondary N) is 1. The highest BCUT2D eigenvalue weighted by Crippen LogP contribution is 2.27. The van der Waals surface area contributed by atoms with Crippen LogP contribution in [0.25, 0.3) is 11.1 Å². The number of unbranched alkanes of at least 4 members (excludes halogenated alkanes) is 1. The summed E-state index contributed by atoms with van der Waals surface area (Å²) in [7, 11) is 0. The SMILES string of the molecule is CCCCC(=O)Nc1ccc(-c2c(C)noc2C)cc1. The van der Waals surface area contributed by atoms with Gasteiger partial charge in [0.1, 0.15) is 5.76 Å². The quantitative estimate of drug-likeness (QED) is 0.892. The zero-order valence-corrected chi connectivity index (χ0v) is 12.2. The van der Waals surface area contributed by atoms with Crippen molar-refractivity contribution in [3.8, 4) is 11.1 Å².